The first kappa shape index (κ1) is 14.6. The van der Waals surface area contributed by atoms with Gasteiger partial charge in [-0.05, 0) is 49.6 Å². The number of methoxy groups -OCH3 is 1. The second-order valence-electron chi connectivity index (χ2n) is 5.80. The molecular formula is C19H21NO2. The van der Waals surface area contributed by atoms with E-state index >= 15 is 0 Å². The Kier molecular flexibility index (Phi) is 4.14. The van der Waals surface area contributed by atoms with Crippen molar-refractivity contribution in [1.29, 1.82) is 0 Å². The molecule has 1 saturated heterocycles. The van der Waals surface area contributed by atoms with Gasteiger partial charge in [0.1, 0.15) is 5.75 Å². The van der Waals surface area contributed by atoms with Gasteiger partial charge in [-0.1, -0.05) is 29.8 Å². The number of hydrogen-bond donors (Lipinski definition) is 0. The van der Waals surface area contributed by atoms with Gasteiger partial charge in [0.15, 0.2) is 0 Å². The van der Waals surface area contributed by atoms with Crippen LogP contribution in [0, 0.1) is 6.92 Å². The fraction of sp³-hybridized carbons (Fsp3) is 0.316. The zero-order valence-corrected chi connectivity index (χ0v) is 13.1. The molecular weight excluding hydrogens is 274 g/mol. The number of benzene rings is 2. The van der Waals surface area contributed by atoms with Crippen molar-refractivity contribution in [2.75, 3.05) is 13.7 Å². The summed E-state index contributed by atoms with van der Waals surface area (Å²) in [4.78, 5) is 14.8. The molecule has 114 valence electrons. The number of carbonyl (C=O) groups excluding carboxylic acids is 1. The van der Waals surface area contributed by atoms with Crippen LogP contribution in [0.25, 0.3) is 0 Å². The topological polar surface area (TPSA) is 29.5 Å². The average molecular weight is 295 g/mol. The van der Waals surface area contributed by atoms with Crippen molar-refractivity contribution in [2.45, 2.75) is 25.8 Å². The Morgan fingerprint density at radius 1 is 1.18 bits per heavy atom. The smallest absolute Gasteiger partial charge is 0.254 e. The molecule has 1 heterocycles. The van der Waals surface area contributed by atoms with Crippen molar-refractivity contribution < 1.29 is 9.53 Å². The van der Waals surface area contributed by atoms with Crippen LogP contribution in [0.2, 0.25) is 0 Å². The second-order valence-corrected chi connectivity index (χ2v) is 5.80. The van der Waals surface area contributed by atoms with E-state index in [4.69, 9.17) is 4.74 Å². The van der Waals surface area contributed by atoms with Crippen molar-refractivity contribution >= 4 is 5.91 Å². The molecule has 0 spiro atoms. The summed E-state index contributed by atoms with van der Waals surface area (Å²) in [6, 6.07) is 16.0. The van der Waals surface area contributed by atoms with Crippen LogP contribution in [0.5, 0.6) is 5.75 Å². The van der Waals surface area contributed by atoms with Gasteiger partial charge in [0.05, 0.1) is 13.2 Å². The highest BCUT2D eigenvalue weighted by atomic mass is 16.5. The maximum atomic E-state index is 12.8. The third-order valence-electron chi connectivity index (χ3n) is 4.29. The van der Waals surface area contributed by atoms with E-state index in [-0.39, 0.29) is 11.9 Å². The summed E-state index contributed by atoms with van der Waals surface area (Å²) < 4.78 is 5.30. The molecule has 1 atom stereocenters. The molecule has 1 fully saturated rings. The summed E-state index contributed by atoms with van der Waals surface area (Å²) in [6.07, 6.45) is 2.05. The molecule has 1 unspecified atom stereocenters. The number of likely N-dealkylation sites (tertiary alicyclic amines) is 1. The average Bonchev–Trinajstić information content (AvgIpc) is 3.04. The molecule has 0 radical (unpaired) electrons. The van der Waals surface area contributed by atoms with Crippen LogP contribution < -0.4 is 4.74 Å². The van der Waals surface area contributed by atoms with E-state index in [2.05, 4.69) is 6.07 Å². The van der Waals surface area contributed by atoms with Crippen LogP contribution in [0.15, 0.2) is 48.5 Å². The Balaban J connectivity index is 1.86. The fourth-order valence-electron chi connectivity index (χ4n) is 3.07. The van der Waals surface area contributed by atoms with Crippen molar-refractivity contribution in [2.24, 2.45) is 0 Å². The van der Waals surface area contributed by atoms with Gasteiger partial charge in [0, 0.05) is 12.1 Å². The van der Waals surface area contributed by atoms with E-state index < -0.39 is 0 Å². The maximum absolute atomic E-state index is 12.8. The Morgan fingerprint density at radius 2 is 1.95 bits per heavy atom. The Bertz CT molecular complexity index is 663. The lowest BCUT2D eigenvalue weighted by molar-refractivity contribution is 0.0735. The molecule has 0 aliphatic carbocycles. The summed E-state index contributed by atoms with van der Waals surface area (Å²) in [5, 5.41) is 0. The number of rotatable bonds is 3. The quantitative estimate of drug-likeness (QED) is 0.857. The van der Waals surface area contributed by atoms with Crippen molar-refractivity contribution in [1.82, 2.24) is 4.90 Å². The van der Waals surface area contributed by atoms with E-state index in [1.807, 2.05) is 54.3 Å². The molecule has 3 rings (SSSR count). The maximum Gasteiger partial charge on any atom is 0.254 e. The molecule has 0 bridgehead atoms. The molecule has 0 N–H and O–H groups in total. The Labute approximate surface area is 131 Å². The lowest BCUT2D eigenvalue weighted by Gasteiger charge is -2.25. The van der Waals surface area contributed by atoms with Crippen LogP contribution in [0.1, 0.15) is 40.4 Å². The number of aryl methyl sites for hydroxylation is 1. The zero-order valence-electron chi connectivity index (χ0n) is 13.1. The molecule has 1 aliphatic heterocycles. The molecule has 1 aliphatic rings. The first-order valence-electron chi connectivity index (χ1n) is 7.70. The Hall–Kier alpha value is -2.29. The molecule has 0 saturated carbocycles. The number of ether oxygens (including phenoxy) is 1. The molecule has 1 amide bonds. The normalized spacial score (nSPS) is 17.5. The molecule has 22 heavy (non-hydrogen) atoms. The third kappa shape index (κ3) is 2.84. The van der Waals surface area contributed by atoms with E-state index in [1.54, 1.807) is 7.11 Å². The van der Waals surface area contributed by atoms with Crippen molar-refractivity contribution in [3.8, 4) is 5.75 Å². The van der Waals surface area contributed by atoms with Crippen LogP contribution >= 0.6 is 0 Å². The summed E-state index contributed by atoms with van der Waals surface area (Å²) in [5.41, 5.74) is 3.08. The lowest BCUT2D eigenvalue weighted by atomic mass is 10.0. The van der Waals surface area contributed by atoms with Gasteiger partial charge in [0.25, 0.3) is 5.91 Å². The van der Waals surface area contributed by atoms with Crippen molar-refractivity contribution in [3.63, 3.8) is 0 Å². The van der Waals surface area contributed by atoms with Gasteiger partial charge in [-0.2, -0.15) is 0 Å². The van der Waals surface area contributed by atoms with E-state index in [0.29, 0.717) is 0 Å². The number of hydrogen-bond acceptors (Lipinski definition) is 2. The highest BCUT2D eigenvalue weighted by Crippen LogP contribution is 2.34. The first-order valence-corrected chi connectivity index (χ1v) is 7.70. The van der Waals surface area contributed by atoms with Crippen molar-refractivity contribution in [3.05, 3.63) is 65.2 Å². The van der Waals surface area contributed by atoms with Crippen LogP contribution in [-0.2, 0) is 0 Å². The molecule has 2 aromatic rings. The zero-order chi connectivity index (χ0) is 15.5. The van der Waals surface area contributed by atoms with Gasteiger partial charge < -0.3 is 9.64 Å². The Morgan fingerprint density at radius 3 is 2.68 bits per heavy atom. The predicted molar refractivity (Wildman–Crippen MR) is 87.2 cm³/mol. The molecule has 0 aromatic heterocycles. The monoisotopic (exact) mass is 295 g/mol. The van der Waals surface area contributed by atoms with Crippen LogP contribution in [0.3, 0.4) is 0 Å². The lowest BCUT2D eigenvalue weighted by Crippen LogP contribution is -2.30. The fourth-order valence-corrected chi connectivity index (χ4v) is 3.07. The summed E-state index contributed by atoms with van der Waals surface area (Å²) >= 11 is 0. The van der Waals surface area contributed by atoms with Gasteiger partial charge in [-0.25, -0.2) is 0 Å². The van der Waals surface area contributed by atoms with Gasteiger partial charge >= 0.3 is 0 Å². The third-order valence-corrected chi connectivity index (χ3v) is 4.29. The first-order chi connectivity index (χ1) is 10.7. The number of amides is 1. The van der Waals surface area contributed by atoms with Gasteiger partial charge in [0.2, 0.25) is 0 Å². The summed E-state index contributed by atoms with van der Waals surface area (Å²) in [5.74, 6) is 0.956. The molecule has 3 heteroatoms. The minimum atomic E-state index is 0.116. The minimum Gasteiger partial charge on any atom is -0.497 e. The minimum absolute atomic E-state index is 0.116. The standard InChI is InChI=1S/C19H21NO2/c1-14-8-10-15(11-9-14)19(21)20-12-4-7-18(20)16-5-3-6-17(13-16)22-2/h3,5-6,8-11,13,18H,4,7,12H2,1-2H3. The van der Waals surface area contributed by atoms with Crippen LogP contribution in [-0.4, -0.2) is 24.5 Å². The molecule has 2 aromatic carbocycles. The van der Waals surface area contributed by atoms with E-state index in [9.17, 15) is 4.79 Å². The summed E-state index contributed by atoms with van der Waals surface area (Å²) in [6.45, 7) is 2.84. The number of carbonyl (C=O) groups is 1. The van der Waals surface area contributed by atoms with Gasteiger partial charge in [-0.15, -0.1) is 0 Å². The second kappa shape index (κ2) is 6.22. The summed E-state index contributed by atoms with van der Waals surface area (Å²) in [7, 11) is 1.67. The highest BCUT2D eigenvalue weighted by Gasteiger charge is 2.30. The largest absolute Gasteiger partial charge is 0.497 e. The van der Waals surface area contributed by atoms with Crippen LogP contribution in [0.4, 0.5) is 0 Å². The number of nitrogens with zero attached hydrogens (tertiary/aromatic N) is 1. The highest BCUT2D eigenvalue weighted by molar-refractivity contribution is 5.94. The van der Waals surface area contributed by atoms with E-state index in [1.165, 1.54) is 5.56 Å². The SMILES string of the molecule is COc1cccc(C2CCCN2C(=O)c2ccc(C)cc2)c1. The van der Waals surface area contributed by atoms with E-state index in [0.717, 1.165) is 36.3 Å². The van der Waals surface area contributed by atoms with Gasteiger partial charge in [-0.3, -0.25) is 4.79 Å². The predicted octanol–water partition coefficient (Wildman–Crippen LogP) is 3.98. The molecule has 3 nitrogen and oxygen atoms in total.